The number of aliphatic hydroxyl groups is 1. The summed E-state index contributed by atoms with van der Waals surface area (Å²) in [6.45, 7) is 2.99. The second-order valence-corrected chi connectivity index (χ2v) is 5.26. The van der Waals surface area contributed by atoms with E-state index in [1.165, 1.54) is 0 Å². The third-order valence-electron chi connectivity index (χ3n) is 3.65. The molecule has 1 aromatic heterocycles. The minimum absolute atomic E-state index is 0.223. The molecule has 92 valence electrons. The van der Waals surface area contributed by atoms with Gasteiger partial charge in [-0.3, -0.25) is 0 Å². The molecule has 0 aromatic carbocycles. The highest BCUT2D eigenvalue weighted by molar-refractivity contribution is 5.14. The van der Waals surface area contributed by atoms with E-state index in [9.17, 15) is 5.11 Å². The molecule has 0 bridgehead atoms. The van der Waals surface area contributed by atoms with Gasteiger partial charge in [-0.2, -0.15) is 5.26 Å². The van der Waals surface area contributed by atoms with Crippen molar-refractivity contribution in [3.63, 3.8) is 0 Å². The van der Waals surface area contributed by atoms with Gasteiger partial charge in [0.15, 0.2) is 0 Å². The van der Waals surface area contributed by atoms with Gasteiger partial charge in [0.1, 0.15) is 0 Å². The Balaban J connectivity index is 1.97. The van der Waals surface area contributed by atoms with Crippen molar-refractivity contribution in [1.29, 1.82) is 5.26 Å². The Morgan fingerprint density at radius 3 is 2.94 bits per heavy atom. The van der Waals surface area contributed by atoms with E-state index in [4.69, 9.17) is 5.26 Å². The standard InChI is InChI=1S/C14H20N2O/c1-2-3-13(17)12-4-9-16(10-12)11-14(5-6-14)7-8-15/h4,9-10,13,17H,2-3,5-7,11H2,1H3. The number of rotatable bonds is 6. The highest BCUT2D eigenvalue weighted by Gasteiger charge is 2.42. The maximum absolute atomic E-state index is 9.89. The van der Waals surface area contributed by atoms with Crippen molar-refractivity contribution in [1.82, 2.24) is 4.57 Å². The Morgan fingerprint density at radius 1 is 1.59 bits per heavy atom. The lowest BCUT2D eigenvalue weighted by Gasteiger charge is -2.12. The summed E-state index contributed by atoms with van der Waals surface area (Å²) in [6, 6.07) is 4.27. The molecule has 1 aromatic rings. The van der Waals surface area contributed by atoms with E-state index in [0.717, 1.165) is 37.8 Å². The van der Waals surface area contributed by atoms with Crippen molar-refractivity contribution >= 4 is 0 Å². The minimum Gasteiger partial charge on any atom is -0.388 e. The van der Waals surface area contributed by atoms with Crippen LogP contribution in [0.1, 0.15) is 50.7 Å². The molecule has 0 aliphatic heterocycles. The molecule has 1 aliphatic rings. The Kier molecular flexibility index (Phi) is 3.54. The van der Waals surface area contributed by atoms with E-state index in [0.29, 0.717) is 6.42 Å². The summed E-state index contributed by atoms with van der Waals surface area (Å²) in [5, 5.41) is 18.7. The fraction of sp³-hybridized carbons (Fsp3) is 0.643. The van der Waals surface area contributed by atoms with Crippen molar-refractivity contribution in [2.45, 2.75) is 51.7 Å². The number of aromatic nitrogens is 1. The molecule has 2 rings (SSSR count). The lowest BCUT2D eigenvalue weighted by Crippen LogP contribution is -2.09. The zero-order chi connectivity index (χ0) is 12.3. The first-order valence-electron chi connectivity index (χ1n) is 6.40. The van der Waals surface area contributed by atoms with E-state index in [2.05, 4.69) is 17.6 Å². The van der Waals surface area contributed by atoms with Crippen molar-refractivity contribution in [3.05, 3.63) is 24.0 Å². The topological polar surface area (TPSA) is 49.0 Å². The summed E-state index contributed by atoms with van der Waals surface area (Å²) in [7, 11) is 0. The number of aliphatic hydroxyl groups excluding tert-OH is 1. The summed E-state index contributed by atoms with van der Waals surface area (Å²) in [5.74, 6) is 0. The molecule has 1 fully saturated rings. The smallest absolute Gasteiger partial charge is 0.0804 e. The molecule has 1 saturated carbocycles. The van der Waals surface area contributed by atoms with Gasteiger partial charge in [0.25, 0.3) is 0 Å². The van der Waals surface area contributed by atoms with Crippen LogP contribution in [0.25, 0.3) is 0 Å². The lowest BCUT2D eigenvalue weighted by molar-refractivity contribution is 0.166. The van der Waals surface area contributed by atoms with Gasteiger partial charge in [-0.15, -0.1) is 0 Å². The average Bonchev–Trinajstić information content (AvgIpc) is 2.89. The molecule has 1 N–H and O–H groups in total. The molecule has 3 heteroatoms. The Bertz CT molecular complexity index is 412. The van der Waals surface area contributed by atoms with E-state index in [1.54, 1.807) is 0 Å². The fourth-order valence-electron chi connectivity index (χ4n) is 2.32. The molecule has 3 nitrogen and oxygen atoms in total. The Labute approximate surface area is 103 Å². The second kappa shape index (κ2) is 4.93. The summed E-state index contributed by atoms with van der Waals surface area (Å²) in [4.78, 5) is 0. The van der Waals surface area contributed by atoms with Crippen molar-refractivity contribution in [2.75, 3.05) is 0 Å². The van der Waals surface area contributed by atoms with Gasteiger partial charge in [0.2, 0.25) is 0 Å². The predicted octanol–water partition coefficient (Wildman–Crippen LogP) is 3.02. The minimum atomic E-state index is -0.340. The van der Waals surface area contributed by atoms with Crippen LogP contribution in [0.15, 0.2) is 18.5 Å². The van der Waals surface area contributed by atoms with Crippen LogP contribution in [0.5, 0.6) is 0 Å². The molecule has 0 spiro atoms. The molecular formula is C14H20N2O. The summed E-state index contributed by atoms with van der Waals surface area (Å²) in [6.07, 6.45) is 8.48. The highest BCUT2D eigenvalue weighted by atomic mass is 16.3. The maximum atomic E-state index is 9.89. The summed E-state index contributed by atoms with van der Waals surface area (Å²) < 4.78 is 2.12. The third-order valence-corrected chi connectivity index (χ3v) is 3.65. The molecule has 1 atom stereocenters. The van der Waals surface area contributed by atoms with Crippen LogP contribution in [0.3, 0.4) is 0 Å². The van der Waals surface area contributed by atoms with Gasteiger partial charge < -0.3 is 9.67 Å². The summed E-state index contributed by atoms with van der Waals surface area (Å²) >= 11 is 0. The van der Waals surface area contributed by atoms with Gasteiger partial charge >= 0.3 is 0 Å². The van der Waals surface area contributed by atoms with E-state index < -0.39 is 0 Å². The van der Waals surface area contributed by atoms with Gasteiger partial charge in [0.05, 0.1) is 12.2 Å². The third kappa shape index (κ3) is 2.89. The Hall–Kier alpha value is -1.27. The molecule has 17 heavy (non-hydrogen) atoms. The van der Waals surface area contributed by atoms with Crippen LogP contribution < -0.4 is 0 Å². The van der Waals surface area contributed by atoms with Crippen molar-refractivity contribution < 1.29 is 5.11 Å². The van der Waals surface area contributed by atoms with Crippen LogP contribution in [-0.2, 0) is 6.54 Å². The SMILES string of the molecule is CCCC(O)c1ccn(CC2(CC#N)CC2)c1. The molecule has 0 radical (unpaired) electrons. The molecule has 1 aliphatic carbocycles. The maximum Gasteiger partial charge on any atom is 0.0804 e. The van der Waals surface area contributed by atoms with Gasteiger partial charge in [0, 0.05) is 30.8 Å². The van der Waals surface area contributed by atoms with Crippen molar-refractivity contribution in [3.8, 4) is 6.07 Å². The number of nitriles is 1. The molecule has 1 unspecified atom stereocenters. The lowest BCUT2D eigenvalue weighted by atomic mass is 10.0. The van der Waals surface area contributed by atoms with Gasteiger partial charge in [-0.05, 0) is 30.9 Å². The second-order valence-electron chi connectivity index (χ2n) is 5.26. The van der Waals surface area contributed by atoms with E-state index >= 15 is 0 Å². The zero-order valence-corrected chi connectivity index (χ0v) is 10.4. The van der Waals surface area contributed by atoms with Crippen LogP contribution in [0.4, 0.5) is 0 Å². The predicted molar refractivity (Wildman–Crippen MR) is 66.2 cm³/mol. The first kappa shape index (κ1) is 12.2. The number of hydrogen-bond acceptors (Lipinski definition) is 2. The zero-order valence-electron chi connectivity index (χ0n) is 10.4. The van der Waals surface area contributed by atoms with Crippen LogP contribution in [-0.4, -0.2) is 9.67 Å². The first-order chi connectivity index (χ1) is 8.19. The van der Waals surface area contributed by atoms with Crippen LogP contribution in [0, 0.1) is 16.7 Å². The molecule has 0 saturated heterocycles. The van der Waals surface area contributed by atoms with Crippen molar-refractivity contribution in [2.24, 2.45) is 5.41 Å². The number of nitrogens with zero attached hydrogens (tertiary/aromatic N) is 2. The molecular weight excluding hydrogens is 212 g/mol. The van der Waals surface area contributed by atoms with Crippen LogP contribution in [0.2, 0.25) is 0 Å². The average molecular weight is 232 g/mol. The number of hydrogen-bond donors (Lipinski definition) is 1. The largest absolute Gasteiger partial charge is 0.388 e. The van der Waals surface area contributed by atoms with Crippen LogP contribution >= 0.6 is 0 Å². The quantitative estimate of drug-likeness (QED) is 0.819. The van der Waals surface area contributed by atoms with E-state index in [-0.39, 0.29) is 11.5 Å². The highest BCUT2D eigenvalue weighted by Crippen LogP contribution is 2.50. The summed E-state index contributed by atoms with van der Waals surface area (Å²) in [5.41, 5.74) is 1.22. The fourth-order valence-corrected chi connectivity index (χ4v) is 2.32. The van der Waals surface area contributed by atoms with Gasteiger partial charge in [-0.1, -0.05) is 13.3 Å². The normalized spacial score (nSPS) is 18.6. The monoisotopic (exact) mass is 232 g/mol. The Morgan fingerprint density at radius 2 is 2.35 bits per heavy atom. The molecule has 0 amide bonds. The first-order valence-corrected chi connectivity index (χ1v) is 6.40. The molecule has 1 heterocycles. The van der Waals surface area contributed by atoms with E-state index in [1.807, 2.05) is 18.5 Å². The van der Waals surface area contributed by atoms with Gasteiger partial charge in [-0.25, -0.2) is 0 Å².